The molecule has 0 amide bonds. The second-order valence-corrected chi connectivity index (χ2v) is 2.76. The van der Waals surface area contributed by atoms with Crippen molar-refractivity contribution in [2.75, 3.05) is 6.67 Å². The summed E-state index contributed by atoms with van der Waals surface area (Å²) < 4.78 is 22.0. The Kier molecular flexibility index (Phi) is 1.66. The molecule has 5 nitrogen and oxygen atoms in total. The van der Waals surface area contributed by atoms with E-state index in [2.05, 4.69) is 4.99 Å². The molecule has 68 valence electrons. The Morgan fingerprint density at radius 1 is 1.67 bits per heavy atom. The van der Waals surface area contributed by atoms with Crippen molar-refractivity contribution >= 4 is 6.02 Å². The third-order valence-electron chi connectivity index (χ3n) is 1.98. The summed E-state index contributed by atoms with van der Waals surface area (Å²) in [6, 6.07) is -0.0126. The zero-order chi connectivity index (χ0) is 8.72. The molecule has 2 aliphatic rings. The Hall–Kier alpha value is -0.880. The number of hydrogen-bond acceptors (Lipinski definition) is 5. The van der Waals surface area contributed by atoms with Crippen LogP contribution in [0.5, 0.6) is 0 Å². The number of rotatable bonds is 1. The minimum absolute atomic E-state index is 0.0126. The van der Waals surface area contributed by atoms with Crippen LogP contribution in [0, 0.1) is 0 Å². The lowest BCUT2D eigenvalue weighted by molar-refractivity contribution is -0.00194. The Balaban J connectivity index is 2.10. The molecule has 0 aromatic heterocycles. The van der Waals surface area contributed by atoms with Crippen molar-refractivity contribution in [2.24, 2.45) is 10.7 Å². The number of halogens is 1. The molecule has 0 spiro atoms. The smallest absolute Gasteiger partial charge is 0.285 e. The lowest BCUT2D eigenvalue weighted by Crippen LogP contribution is -2.34. The molecule has 0 bridgehead atoms. The van der Waals surface area contributed by atoms with Crippen LogP contribution in [0.2, 0.25) is 0 Å². The first-order chi connectivity index (χ1) is 5.72. The highest BCUT2D eigenvalue weighted by atomic mass is 19.1. The van der Waals surface area contributed by atoms with Crippen LogP contribution >= 0.6 is 0 Å². The second-order valence-electron chi connectivity index (χ2n) is 2.76. The van der Waals surface area contributed by atoms with Gasteiger partial charge in [0.05, 0.1) is 0 Å². The lowest BCUT2D eigenvalue weighted by atomic mass is 10.1. The highest BCUT2D eigenvalue weighted by Crippen LogP contribution is 2.28. The molecule has 0 saturated carbocycles. The van der Waals surface area contributed by atoms with Gasteiger partial charge in [-0.05, 0) is 0 Å². The van der Waals surface area contributed by atoms with E-state index in [1.165, 1.54) is 0 Å². The standard InChI is InChI=1S/C6H9FN2O3/c7-1-2-3(10)4-5(11-2)9-6(8)12-4/h2-5,10H,1H2,(H2,8,9). The van der Waals surface area contributed by atoms with Gasteiger partial charge in [0.15, 0.2) is 12.3 Å². The zero-order valence-electron chi connectivity index (χ0n) is 6.18. The van der Waals surface area contributed by atoms with Crippen LogP contribution in [0.25, 0.3) is 0 Å². The van der Waals surface area contributed by atoms with Crippen LogP contribution in [0.15, 0.2) is 4.99 Å². The minimum atomic E-state index is -0.982. The first-order valence-electron chi connectivity index (χ1n) is 3.62. The quantitative estimate of drug-likeness (QED) is 0.523. The van der Waals surface area contributed by atoms with Crippen molar-refractivity contribution in [3.63, 3.8) is 0 Å². The van der Waals surface area contributed by atoms with E-state index in [0.717, 1.165) is 0 Å². The maximum absolute atomic E-state index is 12.1. The van der Waals surface area contributed by atoms with Crippen LogP contribution in [0.1, 0.15) is 0 Å². The van der Waals surface area contributed by atoms with Gasteiger partial charge in [0, 0.05) is 0 Å². The number of alkyl halides is 1. The molecule has 2 aliphatic heterocycles. The summed E-state index contributed by atoms with van der Waals surface area (Å²) in [4.78, 5) is 3.72. The van der Waals surface area contributed by atoms with Gasteiger partial charge in [-0.15, -0.1) is 0 Å². The van der Waals surface area contributed by atoms with E-state index in [-0.39, 0.29) is 6.02 Å². The summed E-state index contributed by atoms with van der Waals surface area (Å²) in [5.74, 6) is 0. The molecule has 4 unspecified atom stereocenters. The Labute approximate surface area is 68.0 Å². The van der Waals surface area contributed by atoms with E-state index in [1.807, 2.05) is 0 Å². The largest absolute Gasteiger partial charge is 0.454 e. The number of nitrogens with zero attached hydrogens (tertiary/aromatic N) is 1. The van der Waals surface area contributed by atoms with Crippen molar-refractivity contribution in [1.82, 2.24) is 0 Å². The van der Waals surface area contributed by atoms with Gasteiger partial charge in [-0.1, -0.05) is 0 Å². The average Bonchev–Trinajstić information content (AvgIpc) is 2.51. The fraction of sp³-hybridized carbons (Fsp3) is 0.833. The fourth-order valence-corrected chi connectivity index (χ4v) is 1.37. The molecule has 12 heavy (non-hydrogen) atoms. The van der Waals surface area contributed by atoms with Crippen LogP contribution in [0.3, 0.4) is 0 Å². The maximum atomic E-state index is 12.1. The number of fused-ring (bicyclic) bond motifs is 1. The van der Waals surface area contributed by atoms with E-state index >= 15 is 0 Å². The monoisotopic (exact) mass is 176 g/mol. The second kappa shape index (κ2) is 2.56. The van der Waals surface area contributed by atoms with Gasteiger partial charge in [0.1, 0.15) is 18.9 Å². The third kappa shape index (κ3) is 0.953. The van der Waals surface area contributed by atoms with Crippen LogP contribution < -0.4 is 5.73 Å². The first kappa shape index (κ1) is 7.75. The molecule has 6 heteroatoms. The van der Waals surface area contributed by atoms with E-state index in [9.17, 15) is 9.50 Å². The molecular weight excluding hydrogens is 167 g/mol. The molecule has 4 atom stereocenters. The molecule has 0 radical (unpaired) electrons. The summed E-state index contributed by atoms with van der Waals surface area (Å²) in [5, 5.41) is 9.36. The van der Waals surface area contributed by atoms with Gasteiger partial charge in [0.2, 0.25) is 0 Å². The number of amidine groups is 1. The number of nitrogens with two attached hydrogens (primary N) is 1. The molecular formula is C6H9FN2O3. The van der Waals surface area contributed by atoms with Crippen LogP contribution in [0.4, 0.5) is 4.39 Å². The van der Waals surface area contributed by atoms with E-state index in [0.29, 0.717) is 0 Å². The molecule has 0 aromatic carbocycles. The Bertz CT molecular complexity index is 223. The Morgan fingerprint density at radius 2 is 2.42 bits per heavy atom. The molecule has 1 fully saturated rings. The van der Waals surface area contributed by atoms with Crippen molar-refractivity contribution in [3.8, 4) is 0 Å². The maximum Gasteiger partial charge on any atom is 0.285 e. The van der Waals surface area contributed by atoms with Gasteiger partial charge < -0.3 is 20.3 Å². The number of aliphatic hydroxyl groups is 1. The topological polar surface area (TPSA) is 77.1 Å². The molecule has 3 N–H and O–H groups in total. The van der Waals surface area contributed by atoms with Crippen molar-refractivity contribution in [2.45, 2.75) is 24.5 Å². The zero-order valence-corrected chi connectivity index (χ0v) is 6.18. The van der Waals surface area contributed by atoms with Gasteiger partial charge in [-0.3, -0.25) is 0 Å². The van der Waals surface area contributed by atoms with Gasteiger partial charge in [-0.25, -0.2) is 4.39 Å². The summed E-state index contributed by atoms with van der Waals surface area (Å²) in [7, 11) is 0. The van der Waals surface area contributed by atoms with Crippen molar-refractivity contribution in [1.29, 1.82) is 0 Å². The SMILES string of the molecule is NC1=NC2OC(CF)C(O)C2O1. The Morgan fingerprint density at radius 3 is 3.00 bits per heavy atom. The molecule has 1 saturated heterocycles. The number of hydrogen-bond donors (Lipinski definition) is 2. The van der Waals surface area contributed by atoms with Gasteiger partial charge >= 0.3 is 0 Å². The predicted octanol–water partition coefficient (Wildman–Crippen LogP) is -1.24. The fourth-order valence-electron chi connectivity index (χ4n) is 1.37. The number of ether oxygens (including phenoxy) is 2. The van der Waals surface area contributed by atoms with E-state index in [1.54, 1.807) is 0 Å². The van der Waals surface area contributed by atoms with E-state index < -0.39 is 31.2 Å². The molecule has 2 rings (SSSR count). The van der Waals surface area contributed by atoms with Crippen molar-refractivity contribution < 1.29 is 19.0 Å². The molecule has 0 aliphatic carbocycles. The van der Waals surface area contributed by atoms with Crippen LogP contribution in [-0.4, -0.2) is 42.3 Å². The highest BCUT2D eigenvalue weighted by Gasteiger charge is 2.48. The van der Waals surface area contributed by atoms with Crippen molar-refractivity contribution in [3.05, 3.63) is 0 Å². The van der Waals surface area contributed by atoms with Crippen LogP contribution in [-0.2, 0) is 9.47 Å². The minimum Gasteiger partial charge on any atom is -0.454 e. The first-order valence-corrected chi connectivity index (χ1v) is 3.62. The number of aliphatic hydroxyl groups excluding tert-OH is 1. The average molecular weight is 176 g/mol. The lowest BCUT2D eigenvalue weighted by Gasteiger charge is -2.12. The summed E-state index contributed by atoms with van der Waals surface area (Å²) in [6.45, 7) is -0.743. The number of aliphatic imine (C=N–C) groups is 1. The third-order valence-corrected chi connectivity index (χ3v) is 1.98. The molecule has 0 aromatic rings. The molecule has 2 heterocycles. The summed E-state index contributed by atoms with van der Waals surface area (Å²) in [6.07, 6.45) is -3.09. The van der Waals surface area contributed by atoms with Gasteiger partial charge in [0.25, 0.3) is 6.02 Å². The highest BCUT2D eigenvalue weighted by molar-refractivity contribution is 5.73. The summed E-state index contributed by atoms with van der Waals surface area (Å²) in [5.41, 5.74) is 5.22. The predicted molar refractivity (Wildman–Crippen MR) is 37.1 cm³/mol. The summed E-state index contributed by atoms with van der Waals surface area (Å²) >= 11 is 0. The van der Waals surface area contributed by atoms with E-state index in [4.69, 9.17) is 15.2 Å². The van der Waals surface area contributed by atoms with Gasteiger partial charge in [-0.2, -0.15) is 4.99 Å². The normalized spacial score (nSPS) is 45.3.